The van der Waals surface area contributed by atoms with Gasteiger partial charge in [0.2, 0.25) is 0 Å². The highest BCUT2D eigenvalue weighted by atomic mass is 16.5. The lowest BCUT2D eigenvalue weighted by Crippen LogP contribution is -2.40. The predicted molar refractivity (Wildman–Crippen MR) is 126 cm³/mol. The van der Waals surface area contributed by atoms with E-state index in [1.165, 1.54) is 5.56 Å². The van der Waals surface area contributed by atoms with Gasteiger partial charge in [-0.25, -0.2) is 0 Å². The number of H-pyrrole nitrogens is 1. The molecule has 7 heteroatoms. The average Bonchev–Trinajstić information content (AvgIpc) is 3.44. The summed E-state index contributed by atoms with van der Waals surface area (Å²) < 4.78 is 11.2. The summed E-state index contributed by atoms with van der Waals surface area (Å²) in [7, 11) is 3.34. The van der Waals surface area contributed by atoms with Crippen molar-refractivity contribution in [2.24, 2.45) is 0 Å². The van der Waals surface area contributed by atoms with Crippen LogP contribution in [-0.4, -0.2) is 54.4 Å². The Morgan fingerprint density at radius 2 is 1.91 bits per heavy atom. The molecule has 3 aromatic rings. The highest BCUT2D eigenvalue weighted by molar-refractivity contribution is 5.92. The van der Waals surface area contributed by atoms with E-state index < -0.39 is 0 Å². The molecule has 1 saturated heterocycles. The molecule has 1 saturated carbocycles. The van der Waals surface area contributed by atoms with Crippen LogP contribution in [-0.2, 0) is 6.54 Å². The molecule has 0 unspecified atom stereocenters. The molecule has 2 atom stereocenters. The van der Waals surface area contributed by atoms with Gasteiger partial charge in [-0.1, -0.05) is 30.3 Å². The number of methoxy groups -OCH3 is 2. The van der Waals surface area contributed by atoms with Gasteiger partial charge in [0.25, 0.3) is 5.91 Å². The Hall–Kier alpha value is -3.32. The molecule has 172 valence electrons. The van der Waals surface area contributed by atoms with Crippen molar-refractivity contribution in [3.8, 4) is 11.5 Å². The van der Waals surface area contributed by atoms with Crippen LogP contribution in [0.3, 0.4) is 0 Å². The number of benzene rings is 2. The number of ether oxygens (including phenoxy) is 2. The highest BCUT2D eigenvalue weighted by Gasteiger charge is 2.37. The number of aromatic amines is 1. The summed E-state index contributed by atoms with van der Waals surface area (Å²) in [5.74, 6) is 2.03. The van der Waals surface area contributed by atoms with Gasteiger partial charge in [0.15, 0.2) is 0 Å². The highest BCUT2D eigenvalue weighted by Crippen LogP contribution is 2.39. The first-order valence-electron chi connectivity index (χ1n) is 11.5. The second-order valence-electron chi connectivity index (χ2n) is 8.96. The molecule has 7 nitrogen and oxygen atoms in total. The summed E-state index contributed by atoms with van der Waals surface area (Å²) in [4.78, 5) is 15.5. The number of rotatable bonds is 8. The third-order valence-electron chi connectivity index (χ3n) is 6.64. The first-order chi connectivity index (χ1) is 16.1. The molecule has 1 aliphatic carbocycles. The SMILES string of the molecule is COc1ccc(OC)c([C@H]2CN(Cc3ccccc3)C[C@@H]2NC(=O)c2cc(C3CC3)[nH]n2)c1. The molecule has 0 bridgehead atoms. The Morgan fingerprint density at radius 1 is 1.09 bits per heavy atom. The first kappa shape index (κ1) is 21.5. The maximum atomic E-state index is 13.1. The number of hydrogen-bond donors (Lipinski definition) is 2. The zero-order valence-corrected chi connectivity index (χ0v) is 19.1. The third-order valence-corrected chi connectivity index (χ3v) is 6.64. The van der Waals surface area contributed by atoms with Crippen molar-refractivity contribution in [1.82, 2.24) is 20.4 Å². The van der Waals surface area contributed by atoms with Gasteiger partial charge in [-0.05, 0) is 42.7 Å². The number of amides is 1. The fraction of sp³-hybridized carbons (Fsp3) is 0.385. The molecule has 2 aromatic carbocycles. The van der Waals surface area contributed by atoms with Gasteiger partial charge in [-0.2, -0.15) is 5.10 Å². The minimum atomic E-state index is -0.142. The van der Waals surface area contributed by atoms with Crippen LogP contribution in [0.25, 0.3) is 0 Å². The number of carbonyl (C=O) groups is 1. The van der Waals surface area contributed by atoms with Gasteiger partial charge in [0, 0.05) is 42.7 Å². The van der Waals surface area contributed by atoms with E-state index in [0.29, 0.717) is 11.6 Å². The molecule has 2 N–H and O–H groups in total. The quantitative estimate of drug-likeness (QED) is 0.552. The van der Waals surface area contributed by atoms with E-state index in [4.69, 9.17) is 9.47 Å². The molecule has 2 fully saturated rings. The van der Waals surface area contributed by atoms with Crippen molar-refractivity contribution in [3.63, 3.8) is 0 Å². The summed E-state index contributed by atoms with van der Waals surface area (Å²) in [5, 5.41) is 10.6. The minimum absolute atomic E-state index is 0.0598. The number of nitrogens with zero attached hydrogens (tertiary/aromatic N) is 2. The minimum Gasteiger partial charge on any atom is -0.497 e. The molecule has 0 spiro atoms. The van der Waals surface area contributed by atoms with Gasteiger partial charge in [-0.3, -0.25) is 14.8 Å². The largest absolute Gasteiger partial charge is 0.497 e. The van der Waals surface area contributed by atoms with Gasteiger partial charge in [0.05, 0.1) is 20.3 Å². The molecule has 1 aromatic heterocycles. The maximum Gasteiger partial charge on any atom is 0.272 e. The van der Waals surface area contributed by atoms with Crippen molar-refractivity contribution in [2.75, 3.05) is 27.3 Å². The summed E-state index contributed by atoms with van der Waals surface area (Å²) in [5.41, 5.74) is 3.80. The van der Waals surface area contributed by atoms with Crippen LogP contribution >= 0.6 is 0 Å². The zero-order valence-electron chi connectivity index (χ0n) is 19.1. The van der Waals surface area contributed by atoms with Crippen molar-refractivity contribution in [3.05, 3.63) is 77.1 Å². The number of aromatic nitrogens is 2. The maximum absolute atomic E-state index is 13.1. The summed E-state index contributed by atoms with van der Waals surface area (Å²) in [6.07, 6.45) is 2.33. The van der Waals surface area contributed by atoms with Gasteiger partial charge in [0.1, 0.15) is 17.2 Å². The van der Waals surface area contributed by atoms with E-state index in [0.717, 1.165) is 55.2 Å². The van der Waals surface area contributed by atoms with E-state index >= 15 is 0 Å². The Labute approximate surface area is 194 Å². The predicted octanol–water partition coefficient (Wildman–Crippen LogP) is 3.70. The first-order valence-corrected chi connectivity index (χ1v) is 11.5. The molecule has 1 aliphatic heterocycles. The van der Waals surface area contributed by atoms with Crippen molar-refractivity contribution < 1.29 is 14.3 Å². The topological polar surface area (TPSA) is 79.5 Å². The van der Waals surface area contributed by atoms with Gasteiger partial charge < -0.3 is 14.8 Å². The van der Waals surface area contributed by atoms with Crippen LogP contribution in [0.2, 0.25) is 0 Å². The van der Waals surface area contributed by atoms with Gasteiger partial charge >= 0.3 is 0 Å². The van der Waals surface area contributed by atoms with Crippen LogP contribution in [0.4, 0.5) is 0 Å². The van der Waals surface area contributed by atoms with E-state index in [9.17, 15) is 4.79 Å². The molecule has 0 radical (unpaired) electrons. The lowest BCUT2D eigenvalue weighted by molar-refractivity contribution is 0.0929. The lowest BCUT2D eigenvalue weighted by atomic mass is 9.93. The molecular formula is C26H30N4O3. The Bertz CT molecular complexity index is 1110. The van der Waals surface area contributed by atoms with E-state index in [-0.39, 0.29) is 17.9 Å². The van der Waals surface area contributed by atoms with Crippen LogP contribution < -0.4 is 14.8 Å². The molecule has 2 aliphatic rings. The Morgan fingerprint density at radius 3 is 2.64 bits per heavy atom. The zero-order chi connectivity index (χ0) is 22.8. The summed E-state index contributed by atoms with van der Waals surface area (Å²) in [6.45, 7) is 2.37. The number of likely N-dealkylation sites (tertiary alicyclic amines) is 1. The van der Waals surface area contributed by atoms with Crippen LogP contribution in [0.15, 0.2) is 54.6 Å². The van der Waals surface area contributed by atoms with Crippen molar-refractivity contribution in [1.29, 1.82) is 0 Å². The Kier molecular flexibility index (Phi) is 6.05. The number of carbonyl (C=O) groups excluding carboxylic acids is 1. The fourth-order valence-corrected chi connectivity index (χ4v) is 4.75. The lowest BCUT2D eigenvalue weighted by Gasteiger charge is -2.22. The van der Waals surface area contributed by atoms with Crippen LogP contribution in [0.1, 0.15) is 52.0 Å². The van der Waals surface area contributed by atoms with Crippen molar-refractivity contribution in [2.45, 2.75) is 37.3 Å². The normalized spacial score (nSPS) is 20.5. The average molecular weight is 447 g/mol. The number of nitrogens with one attached hydrogen (secondary N) is 2. The Balaban J connectivity index is 1.40. The fourth-order valence-electron chi connectivity index (χ4n) is 4.75. The molecule has 1 amide bonds. The molecule has 33 heavy (non-hydrogen) atoms. The van der Waals surface area contributed by atoms with E-state index in [2.05, 4.69) is 44.7 Å². The summed E-state index contributed by atoms with van der Waals surface area (Å²) >= 11 is 0. The van der Waals surface area contributed by atoms with Crippen LogP contribution in [0.5, 0.6) is 11.5 Å². The van der Waals surface area contributed by atoms with E-state index in [1.807, 2.05) is 30.3 Å². The molecular weight excluding hydrogens is 416 g/mol. The summed E-state index contributed by atoms with van der Waals surface area (Å²) in [6, 6.07) is 18.1. The smallest absolute Gasteiger partial charge is 0.272 e. The van der Waals surface area contributed by atoms with E-state index in [1.54, 1.807) is 14.2 Å². The second kappa shape index (κ2) is 9.27. The van der Waals surface area contributed by atoms with Crippen LogP contribution in [0, 0.1) is 0 Å². The number of hydrogen-bond acceptors (Lipinski definition) is 5. The standard InChI is InChI=1S/C26H30N4O3/c1-32-19-10-11-25(33-2)20(12-19)21-15-30(14-17-6-4-3-5-7-17)16-24(21)27-26(31)23-13-22(28-29-23)18-8-9-18/h3-7,10-13,18,21,24H,8-9,14-16H2,1-2H3,(H,27,31)(H,28,29)/t21-,24+/m1/s1. The second-order valence-corrected chi connectivity index (χ2v) is 8.96. The third kappa shape index (κ3) is 4.73. The molecule has 5 rings (SSSR count). The monoisotopic (exact) mass is 446 g/mol. The van der Waals surface area contributed by atoms with Gasteiger partial charge in [-0.15, -0.1) is 0 Å². The molecule has 2 heterocycles. The van der Waals surface area contributed by atoms with Crippen molar-refractivity contribution >= 4 is 5.91 Å².